The Balaban J connectivity index is 0.000000257. The summed E-state index contributed by atoms with van der Waals surface area (Å²) in [7, 11) is 1.73. The second kappa shape index (κ2) is 16.5. The number of aliphatic carboxylic acids is 1. The molecule has 5 aromatic rings. The number of benzene rings is 1. The third-order valence-electron chi connectivity index (χ3n) is 14.1. The van der Waals surface area contributed by atoms with Crippen LogP contribution in [0.3, 0.4) is 0 Å². The Hall–Kier alpha value is -5.52. The first kappa shape index (κ1) is 39.9. The molecule has 0 saturated heterocycles. The lowest BCUT2D eigenvalue weighted by molar-refractivity contribution is -0.138. The number of hydrogen-bond donors (Lipinski definition) is 2. The van der Waals surface area contributed by atoms with Gasteiger partial charge in [-0.3, -0.25) is 14.5 Å². The first-order valence-corrected chi connectivity index (χ1v) is 21.9. The third kappa shape index (κ3) is 8.56. The van der Waals surface area contributed by atoms with Crippen molar-refractivity contribution in [2.75, 3.05) is 24.3 Å². The Kier molecular flexibility index (Phi) is 11.0. The highest BCUT2D eigenvalue weighted by Crippen LogP contribution is 2.58. The van der Waals surface area contributed by atoms with Crippen LogP contribution in [0.5, 0.6) is 5.75 Å². The van der Waals surface area contributed by atoms with E-state index in [1.807, 2.05) is 23.1 Å². The van der Waals surface area contributed by atoms with Crippen molar-refractivity contribution in [1.82, 2.24) is 19.9 Å². The van der Waals surface area contributed by atoms with Crippen molar-refractivity contribution in [1.29, 1.82) is 0 Å². The van der Waals surface area contributed by atoms with E-state index in [2.05, 4.69) is 35.1 Å². The molecule has 12 heteroatoms. The Morgan fingerprint density at radius 2 is 1.40 bits per heavy atom. The molecule has 0 aliphatic heterocycles. The van der Waals surface area contributed by atoms with E-state index in [0.29, 0.717) is 30.0 Å². The average Bonchev–Trinajstić information content (AvgIpc) is 4.21. The zero-order valence-electron chi connectivity index (χ0n) is 34.8. The minimum atomic E-state index is -0.750. The summed E-state index contributed by atoms with van der Waals surface area (Å²) < 4.78 is 16.7. The van der Waals surface area contributed by atoms with Crippen molar-refractivity contribution in [3.05, 3.63) is 90.3 Å². The number of nitrogens with zero attached hydrogens (tertiary/aromatic N) is 5. The number of amides is 1. The molecule has 0 radical (unpaired) electrons. The number of carbonyl (C=O) groups is 2. The van der Waals surface area contributed by atoms with E-state index < -0.39 is 5.97 Å². The summed E-state index contributed by atoms with van der Waals surface area (Å²) in [6, 6.07) is 14.3. The van der Waals surface area contributed by atoms with Crippen LogP contribution in [0, 0.1) is 24.2 Å². The molecule has 6 aliphatic rings. The first-order valence-electron chi connectivity index (χ1n) is 21.9. The van der Waals surface area contributed by atoms with Gasteiger partial charge in [0.15, 0.2) is 11.8 Å². The van der Waals surface area contributed by atoms with Gasteiger partial charge >= 0.3 is 5.97 Å². The van der Waals surface area contributed by atoms with Crippen molar-refractivity contribution < 1.29 is 28.3 Å². The molecule has 3 N–H and O–H groups in total. The molecule has 0 unspecified atom stereocenters. The number of carboxylic acid groups (broad SMARTS) is 1. The quantitative estimate of drug-likeness (QED) is 0.123. The van der Waals surface area contributed by atoms with E-state index in [0.717, 1.165) is 117 Å². The number of pyridine rings is 2. The molecule has 0 atom stereocenters. The molecule has 4 heterocycles. The van der Waals surface area contributed by atoms with Gasteiger partial charge in [0.05, 0.1) is 7.11 Å². The molecule has 6 aliphatic carbocycles. The van der Waals surface area contributed by atoms with E-state index in [-0.39, 0.29) is 35.0 Å². The number of anilines is 2. The van der Waals surface area contributed by atoms with Crippen LogP contribution in [-0.2, 0) is 15.0 Å². The normalized spacial score (nSPS) is 24.6. The monoisotopic (exact) mass is 812 g/mol. The van der Waals surface area contributed by atoms with Crippen LogP contribution in [0.25, 0.3) is 22.5 Å². The lowest BCUT2D eigenvalue weighted by Crippen LogP contribution is -2.52. The second-order valence-corrected chi connectivity index (χ2v) is 18.3. The van der Waals surface area contributed by atoms with Crippen LogP contribution >= 0.6 is 0 Å². The van der Waals surface area contributed by atoms with Crippen molar-refractivity contribution >= 4 is 23.5 Å². The van der Waals surface area contributed by atoms with Gasteiger partial charge in [0.1, 0.15) is 41.3 Å². The molecular weight excluding hydrogens is 757 g/mol. The van der Waals surface area contributed by atoms with Gasteiger partial charge in [-0.15, -0.1) is 0 Å². The third-order valence-corrected chi connectivity index (χ3v) is 14.1. The molecule has 1 amide bonds. The van der Waals surface area contributed by atoms with Gasteiger partial charge in [0.25, 0.3) is 0 Å². The fourth-order valence-electron chi connectivity index (χ4n) is 10.0. The molecule has 60 heavy (non-hydrogen) atoms. The number of oxazole rings is 2. The number of ether oxygens (including phenoxy) is 1. The average molecular weight is 813 g/mol. The van der Waals surface area contributed by atoms with Gasteiger partial charge in [-0.2, -0.15) is 0 Å². The minimum Gasteiger partial charge on any atom is -0.496 e. The summed E-state index contributed by atoms with van der Waals surface area (Å²) in [5.41, 5.74) is 12.0. The summed E-state index contributed by atoms with van der Waals surface area (Å²) in [6.07, 6.45) is 21.3. The molecule has 6 saturated carbocycles. The van der Waals surface area contributed by atoms with E-state index in [1.165, 1.54) is 24.0 Å². The van der Waals surface area contributed by atoms with Gasteiger partial charge in [-0.1, -0.05) is 12.1 Å². The number of rotatable bonds is 12. The van der Waals surface area contributed by atoms with Crippen molar-refractivity contribution in [3.8, 4) is 28.3 Å². The topological polar surface area (TPSA) is 171 Å². The van der Waals surface area contributed by atoms with Gasteiger partial charge in [-0.05, 0) is 155 Å². The largest absolute Gasteiger partial charge is 0.496 e. The predicted octanol–water partition coefficient (Wildman–Crippen LogP) is 10.0. The molecule has 11 rings (SSSR count). The Morgan fingerprint density at radius 3 is 1.95 bits per heavy atom. The SMILES string of the molecule is COc1ccc(C23CCC(CN(C(=O)C4CCC(CC(=O)O)CC4)c4cc(-c5coc(C6CC6)n5)ccn4)(CC2)CC3)cc1C.Nc1cc(-c2coc(C3CC3)n2)ccn1. The predicted molar refractivity (Wildman–Crippen MR) is 227 cm³/mol. The Bertz CT molecular complexity index is 2310. The zero-order chi connectivity index (χ0) is 41.4. The van der Waals surface area contributed by atoms with Crippen molar-refractivity contribution in [2.45, 2.75) is 120 Å². The molecular formula is C48H56N6O6. The second-order valence-electron chi connectivity index (χ2n) is 18.3. The van der Waals surface area contributed by atoms with Crippen molar-refractivity contribution in [2.24, 2.45) is 17.3 Å². The smallest absolute Gasteiger partial charge is 0.303 e. The molecule has 0 spiro atoms. The number of nitrogen functional groups attached to an aromatic ring is 1. The number of methoxy groups -OCH3 is 1. The highest BCUT2D eigenvalue weighted by Gasteiger charge is 2.51. The highest BCUT2D eigenvalue weighted by atomic mass is 16.5. The number of hydrogen-bond acceptors (Lipinski definition) is 10. The van der Waals surface area contributed by atoms with Gasteiger partial charge in [0.2, 0.25) is 5.91 Å². The molecule has 2 bridgehead atoms. The van der Waals surface area contributed by atoms with Crippen LogP contribution < -0.4 is 15.4 Å². The summed E-state index contributed by atoms with van der Waals surface area (Å²) in [5, 5.41) is 9.30. The van der Waals surface area contributed by atoms with Gasteiger partial charge in [0, 0.05) is 54.2 Å². The number of nitrogens with two attached hydrogens (primary N) is 1. The van der Waals surface area contributed by atoms with Gasteiger partial charge in [-0.25, -0.2) is 19.9 Å². The standard InChI is InChI=1S/C37H45N3O5.C11H11N3O/c1-24-19-29(9-10-31(24)44-2)37-15-12-36(13-16-37,14-17-37)23-40(35(43)27-5-3-25(4-6-27)20-33(41)42)32-21-28(11-18-38-32)30-22-45-34(39-30)26-7-8-26;12-10-5-8(3-4-13-10)9-6-15-11(14-9)7-1-2-7/h9-11,18-19,21-22,25-27H,3-8,12-17,20,23H2,1-2H3,(H,41,42);3-7H,1-2H2,(H2,12,13). The van der Waals surface area contributed by atoms with Crippen LogP contribution in [0.4, 0.5) is 11.6 Å². The fraction of sp³-hybridized carbons (Fsp3) is 0.500. The molecule has 4 aromatic heterocycles. The maximum Gasteiger partial charge on any atom is 0.303 e. The number of aromatic nitrogens is 4. The lowest BCUT2D eigenvalue weighted by atomic mass is 9.51. The molecule has 314 valence electrons. The number of carboxylic acids is 1. The fourth-order valence-corrected chi connectivity index (χ4v) is 10.0. The van der Waals surface area contributed by atoms with Crippen LogP contribution in [-0.4, -0.2) is 50.6 Å². The number of carbonyl (C=O) groups excluding carboxylic acids is 1. The van der Waals surface area contributed by atoms with E-state index in [1.54, 1.807) is 38.1 Å². The van der Waals surface area contributed by atoms with Crippen LogP contribution in [0.15, 0.2) is 76.2 Å². The van der Waals surface area contributed by atoms with E-state index in [4.69, 9.17) is 29.3 Å². The number of aryl methyl sites for hydroxylation is 1. The highest BCUT2D eigenvalue weighted by molar-refractivity contribution is 5.95. The summed E-state index contributed by atoms with van der Waals surface area (Å²) in [5.74, 6) is 4.16. The van der Waals surface area contributed by atoms with Crippen LogP contribution in [0.1, 0.15) is 131 Å². The summed E-state index contributed by atoms with van der Waals surface area (Å²) >= 11 is 0. The van der Waals surface area contributed by atoms with Gasteiger partial charge < -0.3 is 24.4 Å². The maximum absolute atomic E-state index is 14.4. The molecule has 12 nitrogen and oxygen atoms in total. The van der Waals surface area contributed by atoms with E-state index >= 15 is 0 Å². The number of fused-ring (bicyclic) bond motifs is 3. The summed E-state index contributed by atoms with van der Waals surface area (Å²) in [6.45, 7) is 2.79. The molecule has 1 aromatic carbocycles. The van der Waals surface area contributed by atoms with E-state index in [9.17, 15) is 14.7 Å². The molecule has 6 fully saturated rings. The lowest BCUT2D eigenvalue weighted by Gasteiger charge is -2.55. The Morgan fingerprint density at radius 1 is 0.800 bits per heavy atom. The van der Waals surface area contributed by atoms with Crippen LogP contribution in [0.2, 0.25) is 0 Å². The Labute approximate surface area is 351 Å². The summed E-state index contributed by atoms with van der Waals surface area (Å²) in [4.78, 5) is 45.6. The minimum absolute atomic E-state index is 0.0597. The maximum atomic E-state index is 14.4. The zero-order valence-corrected chi connectivity index (χ0v) is 34.8. The first-order chi connectivity index (χ1) is 29.1. The van der Waals surface area contributed by atoms with Crippen molar-refractivity contribution in [3.63, 3.8) is 0 Å².